The van der Waals surface area contributed by atoms with Crippen LogP contribution in [0.5, 0.6) is 0 Å². The molecule has 0 amide bonds. The van der Waals surface area contributed by atoms with Gasteiger partial charge in [0.1, 0.15) is 0 Å². The maximum Gasteiger partial charge on any atom is 0.187 e. The third-order valence-corrected chi connectivity index (χ3v) is 9.21. The number of benzene rings is 2. The molecule has 0 saturated carbocycles. The highest BCUT2D eigenvalue weighted by atomic mass is 31.1. The number of hydrogen-bond donors (Lipinski definition) is 0. The topological polar surface area (TPSA) is 9.23 Å². The van der Waals surface area contributed by atoms with Crippen LogP contribution in [0, 0.1) is 0 Å². The van der Waals surface area contributed by atoms with Crippen molar-refractivity contribution in [2.24, 2.45) is 0 Å². The first-order chi connectivity index (χ1) is 10.0. The smallest absolute Gasteiger partial charge is 0.187 e. The SMILES string of the molecule is CC[Si](C)(C)OC(C)P(c1ccccc1)c1ccccc1. The molecule has 2 aromatic carbocycles. The molecular formula is C18H25OPSi. The Balaban J connectivity index is 2.33. The second kappa shape index (κ2) is 7.35. The maximum absolute atomic E-state index is 6.53. The Kier molecular flexibility index (Phi) is 5.75. The molecule has 0 saturated heterocycles. The van der Waals surface area contributed by atoms with Crippen LogP contribution in [-0.2, 0) is 4.43 Å². The molecule has 2 aromatic rings. The highest BCUT2D eigenvalue weighted by Gasteiger charge is 2.28. The molecule has 0 spiro atoms. The van der Waals surface area contributed by atoms with Crippen LogP contribution in [0.3, 0.4) is 0 Å². The zero-order valence-electron chi connectivity index (χ0n) is 13.4. The van der Waals surface area contributed by atoms with Crippen LogP contribution >= 0.6 is 7.92 Å². The van der Waals surface area contributed by atoms with E-state index in [9.17, 15) is 0 Å². The zero-order valence-corrected chi connectivity index (χ0v) is 15.3. The predicted octanol–water partition coefficient (Wildman–Crippen LogP) is 4.71. The van der Waals surface area contributed by atoms with Crippen LogP contribution in [0.15, 0.2) is 60.7 Å². The van der Waals surface area contributed by atoms with Crippen molar-refractivity contribution in [3.63, 3.8) is 0 Å². The lowest BCUT2D eigenvalue weighted by Crippen LogP contribution is -2.35. The van der Waals surface area contributed by atoms with Crippen molar-refractivity contribution in [1.29, 1.82) is 0 Å². The molecule has 0 N–H and O–H groups in total. The molecule has 1 nitrogen and oxygen atoms in total. The van der Waals surface area contributed by atoms with E-state index in [-0.39, 0.29) is 5.85 Å². The standard InChI is InChI=1S/C18H25OPSi/c1-5-21(3,4)19-16(2)20(17-12-8-6-9-13-17)18-14-10-7-11-15-18/h6-16H,5H2,1-4H3. The van der Waals surface area contributed by atoms with E-state index in [0.717, 1.165) is 6.04 Å². The summed E-state index contributed by atoms with van der Waals surface area (Å²) in [5.41, 5.74) is 0. The van der Waals surface area contributed by atoms with E-state index < -0.39 is 16.2 Å². The molecule has 0 radical (unpaired) electrons. The fourth-order valence-corrected chi connectivity index (χ4v) is 6.84. The summed E-state index contributed by atoms with van der Waals surface area (Å²) >= 11 is 0. The lowest BCUT2D eigenvalue weighted by Gasteiger charge is -2.32. The fraction of sp³-hybridized carbons (Fsp3) is 0.333. The monoisotopic (exact) mass is 316 g/mol. The van der Waals surface area contributed by atoms with E-state index in [1.165, 1.54) is 10.6 Å². The van der Waals surface area contributed by atoms with Crippen LogP contribution in [-0.4, -0.2) is 14.2 Å². The van der Waals surface area contributed by atoms with Crippen molar-refractivity contribution in [3.05, 3.63) is 60.7 Å². The van der Waals surface area contributed by atoms with E-state index in [1.54, 1.807) is 0 Å². The van der Waals surface area contributed by atoms with Gasteiger partial charge in [-0.1, -0.05) is 67.6 Å². The van der Waals surface area contributed by atoms with Crippen molar-refractivity contribution in [2.45, 2.75) is 38.8 Å². The first kappa shape index (κ1) is 16.4. The molecule has 2 rings (SSSR count). The van der Waals surface area contributed by atoms with Gasteiger partial charge in [0, 0.05) is 0 Å². The summed E-state index contributed by atoms with van der Waals surface area (Å²) in [7, 11) is -2.02. The summed E-state index contributed by atoms with van der Waals surface area (Å²) in [6.45, 7) is 9.11. The van der Waals surface area contributed by atoms with Crippen molar-refractivity contribution in [1.82, 2.24) is 0 Å². The normalized spacial score (nSPS) is 13.4. The molecule has 0 aliphatic carbocycles. The molecule has 0 bridgehead atoms. The Morgan fingerprint density at radius 1 is 0.905 bits per heavy atom. The second-order valence-corrected chi connectivity index (χ2v) is 12.8. The van der Waals surface area contributed by atoms with Gasteiger partial charge < -0.3 is 4.43 Å². The van der Waals surface area contributed by atoms with Crippen LogP contribution in [0.4, 0.5) is 0 Å². The molecule has 0 aliphatic rings. The summed E-state index contributed by atoms with van der Waals surface area (Å²) in [4.78, 5) is 0. The third-order valence-electron chi connectivity index (χ3n) is 3.77. The minimum atomic E-state index is -1.55. The molecule has 1 unspecified atom stereocenters. The van der Waals surface area contributed by atoms with E-state index in [2.05, 4.69) is 87.6 Å². The Hall–Kier alpha value is -0.953. The van der Waals surface area contributed by atoms with Crippen LogP contribution in [0.25, 0.3) is 0 Å². The van der Waals surface area contributed by atoms with Crippen LogP contribution in [0.1, 0.15) is 13.8 Å². The van der Waals surface area contributed by atoms with Gasteiger partial charge in [0.2, 0.25) is 0 Å². The molecule has 0 aromatic heterocycles. The molecule has 0 aliphatic heterocycles. The van der Waals surface area contributed by atoms with Crippen LogP contribution in [0.2, 0.25) is 19.1 Å². The number of hydrogen-bond acceptors (Lipinski definition) is 1. The van der Waals surface area contributed by atoms with E-state index >= 15 is 0 Å². The molecule has 0 heterocycles. The number of rotatable bonds is 6. The van der Waals surface area contributed by atoms with Crippen LogP contribution < -0.4 is 10.6 Å². The molecule has 21 heavy (non-hydrogen) atoms. The summed E-state index contributed by atoms with van der Waals surface area (Å²) < 4.78 is 6.53. The lowest BCUT2D eigenvalue weighted by molar-refractivity contribution is 0.293. The first-order valence-electron chi connectivity index (χ1n) is 7.60. The Morgan fingerprint density at radius 3 is 1.71 bits per heavy atom. The zero-order chi connectivity index (χ0) is 15.3. The van der Waals surface area contributed by atoms with Crippen molar-refractivity contribution >= 4 is 26.8 Å². The largest absolute Gasteiger partial charge is 0.410 e. The summed E-state index contributed by atoms with van der Waals surface area (Å²) in [5.74, 6) is 0.256. The minimum Gasteiger partial charge on any atom is -0.410 e. The first-order valence-corrected chi connectivity index (χ1v) is 12.1. The van der Waals surface area contributed by atoms with Crippen molar-refractivity contribution < 1.29 is 4.43 Å². The lowest BCUT2D eigenvalue weighted by atomic mass is 10.4. The van der Waals surface area contributed by atoms with Gasteiger partial charge in [0.15, 0.2) is 8.32 Å². The molecule has 112 valence electrons. The summed E-state index contributed by atoms with van der Waals surface area (Å²) in [6, 6.07) is 22.8. The van der Waals surface area contributed by atoms with Gasteiger partial charge in [-0.15, -0.1) is 0 Å². The average Bonchev–Trinajstić information content (AvgIpc) is 2.49. The van der Waals surface area contributed by atoms with Gasteiger partial charge >= 0.3 is 0 Å². The molecule has 1 atom stereocenters. The quantitative estimate of drug-likeness (QED) is 0.554. The van der Waals surface area contributed by atoms with E-state index in [1.807, 2.05) is 0 Å². The van der Waals surface area contributed by atoms with Gasteiger partial charge in [-0.05, 0) is 44.6 Å². The predicted molar refractivity (Wildman–Crippen MR) is 97.6 cm³/mol. The minimum absolute atomic E-state index is 0.256. The Morgan fingerprint density at radius 2 is 1.33 bits per heavy atom. The highest BCUT2D eigenvalue weighted by Crippen LogP contribution is 2.41. The Labute approximate surface area is 131 Å². The summed E-state index contributed by atoms with van der Waals surface area (Å²) in [6.07, 6.45) is 0. The Bertz CT molecular complexity index is 502. The third kappa shape index (κ3) is 4.51. The second-order valence-electron chi connectivity index (χ2n) is 5.87. The fourth-order valence-electron chi connectivity index (χ4n) is 2.34. The van der Waals surface area contributed by atoms with Gasteiger partial charge in [0.05, 0.1) is 5.85 Å². The summed E-state index contributed by atoms with van der Waals surface area (Å²) in [5, 5.41) is 2.79. The molecular weight excluding hydrogens is 291 g/mol. The maximum atomic E-state index is 6.53. The van der Waals surface area contributed by atoms with E-state index in [0.29, 0.717) is 0 Å². The van der Waals surface area contributed by atoms with Gasteiger partial charge in [-0.2, -0.15) is 0 Å². The highest BCUT2D eigenvalue weighted by molar-refractivity contribution is 7.73. The van der Waals surface area contributed by atoms with Gasteiger partial charge in [-0.3, -0.25) is 0 Å². The van der Waals surface area contributed by atoms with Gasteiger partial charge in [0.25, 0.3) is 0 Å². The van der Waals surface area contributed by atoms with Gasteiger partial charge in [-0.25, -0.2) is 0 Å². The average molecular weight is 316 g/mol. The molecule has 0 fully saturated rings. The molecule has 3 heteroatoms. The van der Waals surface area contributed by atoms with Crippen molar-refractivity contribution in [2.75, 3.05) is 0 Å². The van der Waals surface area contributed by atoms with Crippen molar-refractivity contribution in [3.8, 4) is 0 Å². The van der Waals surface area contributed by atoms with E-state index in [4.69, 9.17) is 4.43 Å².